The standard InChI is InChI=1S/C20H24N4O/c1-14-10-16(13-23(2)20(14)25)19-22-17-7-3-4-8-18(17)24(19)12-15-6-5-9-21-11-15/h3-4,7-8,10,13,15,21H,5-6,9,11-12H2,1-2H3/t15-/m1/s1. The number of hydrogen-bond acceptors (Lipinski definition) is 3. The van der Waals surface area contributed by atoms with E-state index < -0.39 is 0 Å². The second-order valence-electron chi connectivity index (χ2n) is 7.07. The maximum Gasteiger partial charge on any atom is 0.253 e. The molecule has 0 amide bonds. The number of hydrogen-bond donors (Lipinski definition) is 1. The van der Waals surface area contributed by atoms with Crippen LogP contribution < -0.4 is 10.9 Å². The molecule has 3 heterocycles. The first-order chi connectivity index (χ1) is 12.1. The lowest BCUT2D eigenvalue weighted by Gasteiger charge is -2.24. The zero-order chi connectivity index (χ0) is 17.4. The molecule has 2 aromatic heterocycles. The van der Waals surface area contributed by atoms with E-state index in [0.29, 0.717) is 5.92 Å². The number of aryl methyl sites for hydroxylation is 2. The van der Waals surface area contributed by atoms with Crippen molar-refractivity contribution in [3.63, 3.8) is 0 Å². The van der Waals surface area contributed by atoms with E-state index in [9.17, 15) is 4.79 Å². The molecule has 1 aliphatic heterocycles. The molecule has 0 saturated carbocycles. The molecule has 1 N–H and O–H groups in total. The highest BCUT2D eigenvalue weighted by Crippen LogP contribution is 2.27. The van der Waals surface area contributed by atoms with E-state index in [2.05, 4.69) is 28.1 Å². The second kappa shape index (κ2) is 6.48. The van der Waals surface area contributed by atoms with Gasteiger partial charge in [0.05, 0.1) is 11.0 Å². The molecule has 1 atom stereocenters. The minimum absolute atomic E-state index is 0.0443. The van der Waals surface area contributed by atoms with Crippen molar-refractivity contribution < 1.29 is 0 Å². The van der Waals surface area contributed by atoms with Crippen molar-refractivity contribution in [2.24, 2.45) is 13.0 Å². The zero-order valence-corrected chi connectivity index (χ0v) is 14.8. The molecule has 0 bridgehead atoms. The van der Waals surface area contributed by atoms with E-state index in [1.165, 1.54) is 12.8 Å². The predicted octanol–water partition coefficient (Wildman–Crippen LogP) is 2.71. The van der Waals surface area contributed by atoms with Gasteiger partial charge in [-0.25, -0.2) is 4.98 Å². The van der Waals surface area contributed by atoms with Gasteiger partial charge in [-0.05, 0) is 57.0 Å². The fourth-order valence-corrected chi connectivity index (χ4v) is 3.82. The smallest absolute Gasteiger partial charge is 0.253 e. The summed E-state index contributed by atoms with van der Waals surface area (Å²) >= 11 is 0. The van der Waals surface area contributed by atoms with Crippen LogP contribution in [0.1, 0.15) is 18.4 Å². The van der Waals surface area contributed by atoms with Gasteiger partial charge in [0.2, 0.25) is 0 Å². The third-order valence-corrected chi connectivity index (χ3v) is 5.11. The molecule has 5 heteroatoms. The number of piperidine rings is 1. The number of pyridine rings is 1. The molecule has 1 fully saturated rings. The summed E-state index contributed by atoms with van der Waals surface area (Å²) in [6.45, 7) is 4.99. The number of nitrogens with zero attached hydrogens (tertiary/aromatic N) is 3. The molecule has 4 rings (SSSR count). The van der Waals surface area contributed by atoms with Crippen LogP contribution in [0.4, 0.5) is 0 Å². The molecular formula is C20H24N4O. The molecule has 0 radical (unpaired) electrons. The third kappa shape index (κ3) is 3.00. The number of benzene rings is 1. The molecule has 5 nitrogen and oxygen atoms in total. The van der Waals surface area contributed by atoms with Gasteiger partial charge in [-0.3, -0.25) is 4.79 Å². The van der Waals surface area contributed by atoms with Gasteiger partial charge >= 0.3 is 0 Å². The molecule has 25 heavy (non-hydrogen) atoms. The average Bonchev–Trinajstić information content (AvgIpc) is 2.99. The van der Waals surface area contributed by atoms with Crippen LogP contribution in [0.3, 0.4) is 0 Å². The van der Waals surface area contributed by atoms with Crippen LogP contribution in [0.15, 0.2) is 41.3 Å². The van der Waals surface area contributed by atoms with Crippen LogP contribution in [-0.2, 0) is 13.6 Å². The maximum atomic E-state index is 12.1. The Morgan fingerprint density at radius 3 is 2.92 bits per heavy atom. The van der Waals surface area contributed by atoms with Crippen molar-refractivity contribution in [1.82, 2.24) is 19.4 Å². The number of rotatable bonds is 3. The first-order valence-corrected chi connectivity index (χ1v) is 8.97. The summed E-state index contributed by atoms with van der Waals surface area (Å²) in [6, 6.07) is 10.2. The number of aromatic nitrogens is 3. The number of nitrogens with one attached hydrogen (secondary N) is 1. The minimum Gasteiger partial charge on any atom is -0.324 e. The lowest BCUT2D eigenvalue weighted by Crippen LogP contribution is -2.32. The summed E-state index contributed by atoms with van der Waals surface area (Å²) in [7, 11) is 1.80. The fraction of sp³-hybridized carbons (Fsp3) is 0.400. The van der Waals surface area contributed by atoms with Gasteiger partial charge in [0.25, 0.3) is 5.56 Å². The van der Waals surface area contributed by atoms with Gasteiger partial charge in [0, 0.05) is 30.9 Å². The van der Waals surface area contributed by atoms with Crippen LogP contribution in [0, 0.1) is 12.8 Å². The Bertz CT molecular complexity index is 937. The number of para-hydroxylation sites is 2. The maximum absolute atomic E-state index is 12.1. The van der Waals surface area contributed by atoms with Gasteiger partial charge in [0.15, 0.2) is 0 Å². The Morgan fingerprint density at radius 2 is 2.16 bits per heavy atom. The summed E-state index contributed by atoms with van der Waals surface area (Å²) in [5.41, 5.74) is 3.96. The largest absolute Gasteiger partial charge is 0.324 e. The lowest BCUT2D eigenvalue weighted by molar-refractivity contribution is 0.341. The first kappa shape index (κ1) is 16.1. The van der Waals surface area contributed by atoms with Crippen molar-refractivity contribution in [3.8, 4) is 11.4 Å². The summed E-state index contributed by atoms with van der Waals surface area (Å²) < 4.78 is 3.97. The van der Waals surface area contributed by atoms with E-state index in [1.807, 2.05) is 25.3 Å². The van der Waals surface area contributed by atoms with E-state index in [0.717, 1.165) is 47.6 Å². The Hall–Kier alpha value is -2.40. The summed E-state index contributed by atoms with van der Waals surface area (Å²) in [5.74, 6) is 1.56. The van der Waals surface area contributed by atoms with E-state index >= 15 is 0 Å². The second-order valence-corrected chi connectivity index (χ2v) is 7.07. The molecule has 1 aromatic carbocycles. The molecule has 1 aliphatic rings. The topological polar surface area (TPSA) is 51.9 Å². The molecule has 3 aromatic rings. The van der Waals surface area contributed by atoms with Crippen LogP contribution in [0.5, 0.6) is 0 Å². The summed E-state index contributed by atoms with van der Waals surface area (Å²) in [6.07, 6.45) is 4.36. The Kier molecular flexibility index (Phi) is 4.17. The Labute approximate surface area is 147 Å². The molecule has 0 aliphatic carbocycles. The number of imidazole rings is 1. The van der Waals surface area contributed by atoms with Gasteiger partial charge < -0.3 is 14.5 Å². The summed E-state index contributed by atoms with van der Waals surface area (Å²) in [4.78, 5) is 16.9. The quantitative estimate of drug-likeness (QED) is 0.800. The van der Waals surface area contributed by atoms with E-state index in [4.69, 9.17) is 4.98 Å². The monoisotopic (exact) mass is 336 g/mol. The van der Waals surface area contributed by atoms with Gasteiger partial charge in [0.1, 0.15) is 5.82 Å². The molecule has 130 valence electrons. The highest BCUT2D eigenvalue weighted by Gasteiger charge is 2.19. The normalized spacial score (nSPS) is 17.9. The van der Waals surface area contributed by atoms with Crippen molar-refractivity contribution in [3.05, 3.63) is 52.4 Å². The number of fused-ring (bicyclic) bond motifs is 1. The van der Waals surface area contributed by atoms with Crippen LogP contribution in [0.2, 0.25) is 0 Å². The molecule has 0 spiro atoms. The zero-order valence-electron chi connectivity index (χ0n) is 14.8. The van der Waals surface area contributed by atoms with Crippen molar-refractivity contribution >= 4 is 11.0 Å². The van der Waals surface area contributed by atoms with Crippen LogP contribution in [0.25, 0.3) is 22.4 Å². The molecular weight excluding hydrogens is 312 g/mol. The minimum atomic E-state index is 0.0443. The average molecular weight is 336 g/mol. The van der Waals surface area contributed by atoms with Crippen molar-refractivity contribution in [2.45, 2.75) is 26.3 Å². The lowest BCUT2D eigenvalue weighted by atomic mass is 9.99. The molecule has 1 saturated heterocycles. The molecule has 0 unspecified atom stereocenters. The van der Waals surface area contributed by atoms with Crippen LogP contribution in [-0.4, -0.2) is 27.2 Å². The van der Waals surface area contributed by atoms with Crippen molar-refractivity contribution in [1.29, 1.82) is 0 Å². The Balaban J connectivity index is 1.85. The van der Waals surface area contributed by atoms with Crippen molar-refractivity contribution in [2.75, 3.05) is 13.1 Å². The summed E-state index contributed by atoms with van der Waals surface area (Å²) in [5, 5.41) is 3.50. The highest BCUT2D eigenvalue weighted by atomic mass is 16.1. The van der Waals surface area contributed by atoms with E-state index in [1.54, 1.807) is 11.6 Å². The first-order valence-electron chi connectivity index (χ1n) is 8.97. The van der Waals surface area contributed by atoms with Crippen LogP contribution >= 0.6 is 0 Å². The van der Waals surface area contributed by atoms with Gasteiger partial charge in [-0.2, -0.15) is 0 Å². The Morgan fingerprint density at radius 1 is 1.32 bits per heavy atom. The van der Waals surface area contributed by atoms with Gasteiger partial charge in [-0.15, -0.1) is 0 Å². The third-order valence-electron chi connectivity index (χ3n) is 5.11. The van der Waals surface area contributed by atoms with E-state index in [-0.39, 0.29) is 5.56 Å². The SMILES string of the molecule is Cc1cc(-c2nc3ccccc3n2C[C@@H]2CCCNC2)cn(C)c1=O. The fourth-order valence-electron chi connectivity index (χ4n) is 3.82. The van der Waals surface area contributed by atoms with Gasteiger partial charge in [-0.1, -0.05) is 12.1 Å². The highest BCUT2D eigenvalue weighted by molar-refractivity contribution is 5.80. The predicted molar refractivity (Wildman–Crippen MR) is 101 cm³/mol.